The van der Waals surface area contributed by atoms with E-state index < -0.39 is 28.5 Å². The van der Waals surface area contributed by atoms with Gasteiger partial charge in [0.15, 0.2) is 6.61 Å². The van der Waals surface area contributed by atoms with Crippen LogP contribution >= 0.6 is 0 Å². The van der Waals surface area contributed by atoms with Gasteiger partial charge in [-0.2, -0.15) is 0 Å². The predicted molar refractivity (Wildman–Crippen MR) is 107 cm³/mol. The number of anilines is 2. The summed E-state index contributed by atoms with van der Waals surface area (Å²) in [4.78, 5) is 24.3. The van der Waals surface area contributed by atoms with Crippen LogP contribution in [0.2, 0.25) is 0 Å². The maximum Gasteiger partial charge on any atom is 0.338 e. The van der Waals surface area contributed by atoms with E-state index in [1.807, 2.05) is 26.0 Å². The third-order valence-corrected chi connectivity index (χ3v) is 5.87. The van der Waals surface area contributed by atoms with Crippen molar-refractivity contribution in [3.8, 4) is 0 Å². The number of rotatable bonds is 5. The van der Waals surface area contributed by atoms with E-state index in [4.69, 9.17) is 4.74 Å². The number of aryl methyl sites for hydroxylation is 2. The first-order chi connectivity index (χ1) is 13.1. The predicted octanol–water partition coefficient (Wildman–Crippen LogP) is 2.42. The van der Waals surface area contributed by atoms with Crippen molar-refractivity contribution in [2.45, 2.75) is 20.3 Å². The summed E-state index contributed by atoms with van der Waals surface area (Å²) in [5.74, 6) is -1.06. The molecule has 0 bridgehead atoms. The van der Waals surface area contributed by atoms with Gasteiger partial charge in [-0.25, -0.2) is 13.2 Å². The van der Waals surface area contributed by atoms with E-state index in [2.05, 4.69) is 5.32 Å². The number of hydrogen-bond acceptors (Lipinski definition) is 5. The van der Waals surface area contributed by atoms with E-state index in [1.54, 1.807) is 18.2 Å². The Morgan fingerprint density at radius 3 is 2.54 bits per heavy atom. The summed E-state index contributed by atoms with van der Waals surface area (Å²) >= 11 is 0. The van der Waals surface area contributed by atoms with Crippen molar-refractivity contribution in [3.05, 3.63) is 58.7 Å². The van der Waals surface area contributed by atoms with Gasteiger partial charge in [-0.15, -0.1) is 0 Å². The third-order valence-electron chi connectivity index (χ3n) is 4.69. The molecule has 0 aromatic heterocycles. The lowest BCUT2D eigenvalue weighted by Gasteiger charge is -2.16. The molecule has 0 saturated carbocycles. The molecule has 0 saturated heterocycles. The summed E-state index contributed by atoms with van der Waals surface area (Å²) in [5.41, 5.74) is 4.44. The Morgan fingerprint density at radius 1 is 1.11 bits per heavy atom. The van der Waals surface area contributed by atoms with Crippen LogP contribution in [0.4, 0.5) is 11.4 Å². The number of carbonyl (C=O) groups excluding carboxylic acids is 2. The summed E-state index contributed by atoms with van der Waals surface area (Å²) in [6, 6.07) is 10.3. The van der Waals surface area contributed by atoms with Gasteiger partial charge in [-0.3, -0.25) is 9.10 Å². The van der Waals surface area contributed by atoms with Crippen LogP contribution in [0, 0.1) is 13.8 Å². The zero-order chi connectivity index (χ0) is 20.5. The van der Waals surface area contributed by atoms with Crippen molar-refractivity contribution in [3.63, 3.8) is 0 Å². The van der Waals surface area contributed by atoms with Crippen LogP contribution in [0.1, 0.15) is 27.0 Å². The van der Waals surface area contributed by atoms with E-state index in [0.29, 0.717) is 24.3 Å². The Morgan fingerprint density at radius 2 is 1.86 bits per heavy atom. The number of carbonyl (C=O) groups is 2. The molecule has 2 aromatic carbocycles. The second-order valence-corrected chi connectivity index (χ2v) is 8.76. The largest absolute Gasteiger partial charge is 0.452 e. The molecule has 148 valence electrons. The lowest BCUT2D eigenvalue weighted by Crippen LogP contribution is -2.27. The third kappa shape index (κ3) is 4.33. The summed E-state index contributed by atoms with van der Waals surface area (Å²) in [6.07, 6.45) is 1.68. The lowest BCUT2D eigenvalue weighted by molar-refractivity contribution is -0.119. The fourth-order valence-corrected chi connectivity index (χ4v) is 4.03. The normalized spacial score (nSPS) is 13.2. The molecular weight excluding hydrogens is 380 g/mol. The van der Waals surface area contributed by atoms with Gasteiger partial charge >= 0.3 is 5.97 Å². The number of benzene rings is 2. The van der Waals surface area contributed by atoms with Gasteiger partial charge in [0.25, 0.3) is 5.91 Å². The van der Waals surface area contributed by atoms with E-state index in [0.717, 1.165) is 22.9 Å². The van der Waals surface area contributed by atoms with Gasteiger partial charge in [0.05, 0.1) is 17.5 Å². The molecule has 1 N–H and O–H groups in total. The SMILES string of the molecule is Cc1ccc(NC(=O)COC(=O)c2ccc3c(c2)CCN3S(C)(=O)=O)cc1C. The molecule has 0 atom stereocenters. The minimum absolute atomic E-state index is 0.285. The Hall–Kier alpha value is -2.87. The number of hydrogen-bond donors (Lipinski definition) is 1. The molecule has 1 heterocycles. The number of nitrogens with zero attached hydrogens (tertiary/aromatic N) is 1. The Labute approximate surface area is 164 Å². The Balaban J connectivity index is 1.61. The average molecular weight is 402 g/mol. The lowest BCUT2D eigenvalue weighted by atomic mass is 10.1. The topological polar surface area (TPSA) is 92.8 Å². The summed E-state index contributed by atoms with van der Waals surface area (Å²) < 4.78 is 29.9. The molecule has 0 unspecified atom stereocenters. The highest BCUT2D eigenvalue weighted by atomic mass is 32.2. The molecule has 7 nitrogen and oxygen atoms in total. The van der Waals surface area contributed by atoms with Gasteiger partial charge in [0, 0.05) is 12.2 Å². The van der Waals surface area contributed by atoms with Crippen LogP contribution in [-0.2, 0) is 26.0 Å². The summed E-state index contributed by atoms with van der Waals surface area (Å²) in [6.45, 7) is 3.88. The number of nitrogens with one attached hydrogen (secondary N) is 1. The molecule has 28 heavy (non-hydrogen) atoms. The van der Waals surface area contributed by atoms with Gasteiger partial charge < -0.3 is 10.1 Å². The smallest absolute Gasteiger partial charge is 0.338 e. The molecule has 1 aliphatic heterocycles. The van der Waals surface area contributed by atoms with Gasteiger partial charge in [-0.1, -0.05) is 6.07 Å². The van der Waals surface area contributed by atoms with Crippen molar-refractivity contribution in [1.82, 2.24) is 0 Å². The molecule has 0 radical (unpaired) electrons. The van der Waals surface area contributed by atoms with Crippen molar-refractivity contribution in [2.24, 2.45) is 0 Å². The van der Waals surface area contributed by atoms with E-state index >= 15 is 0 Å². The second kappa shape index (κ2) is 7.63. The van der Waals surface area contributed by atoms with Crippen LogP contribution in [0.3, 0.4) is 0 Å². The molecule has 1 amide bonds. The number of sulfonamides is 1. The maximum atomic E-state index is 12.2. The van der Waals surface area contributed by atoms with Crippen molar-refractivity contribution in [1.29, 1.82) is 0 Å². The highest BCUT2D eigenvalue weighted by Gasteiger charge is 2.27. The molecular formula is C20H22N2O5S. The number of amides is 1. The van der Waals surface area contributed by atoms with Crippen LogP contribution < -0.4 is 9.62 Å². The van der Waals surface area contributed by atoms with Gasteiger partial charge in [0.1, 0.15) is 0 Å². The van der Waals surface area contributed by atoms with E-state index in [-0.39, 0.29) is 5.56 Å². The van der Waals surface area contributed by atoms with Crippen LogP contribution in [0.15, 0.2) is 36.4 Å². The van der Waals surface area contributed by atoms with E-state index in [9.17, 15) is 18.0 Å². The highest BCUT2D eigenvalue weighted by molar-refractivity contribution is 7.92. The molecule has 8 heteroatoms. The average Bonchev–Trinajstić information content (AvgIpc) is 3.06. The molecule has 3 rings (SSSR count). The first-order valence-corrected chi connectivity index (χ1v) is 10.6. The Bertz CT molecular complexity index is 1050. The van der Waals surface area contributed by atoms with Crippen LogP contribution in [0.25, 0.3) is 0 Å². The number of esters is 1. The standard InChI is InChI=1S/C20H22N2O5S/c1-13-4-6-17(10-14(13)2)21-19(23)12-27-20(24)16-5-7-18-15(11-16)8-9-22(18)28(3,25)26/h4-7,10-11H,8-9,12H2,1-3H3,(H,21,23). The van der Waals surface area contributed by atoms with Crippen LogP contribution in [-0.4, -0.2) is 39.7 Å². The minimum Gasteiger partial charge on any atom is -0.452 e. The van der Waals surface area contributed by atoms with Crippen LogP contribution in [0.5, 0.6) is 0 Å². The summed E-state index contributed by atoms with van der Waals surface area (Å²) in [5, 5.41) is 2.69. The van der Waals surface area contributed by atoms with Crippen molar-refractivity contribution >= 4 is 33.3 Å². The molecule has 0 spiro atoms. The van der Waals surface area contributed by atoms with E-state index in [1.165, 1.54) is 10.4 Å². The zero-order valence-electron chi connectivity index (χ0n) is 16.0. The van der Waals surface area contributed by atoms with Crippen molar-refractivity contribution < 1.29 is 22.7 Å². The summed E-state index contributed by atoms with van der Waals surface area (Å²) in [7, 11) is -3.34. The molecule has 0 aliphatic carbocycles. The number of ether oxygens (including phenoxy) is 1. The monoisotopic (exact) mass is 402 g/mol. The first kappa shape index (κ1) is 19.9. The molecule has 2 aromatic rings. The maximum absolute atomic E-state index is 12.2. The Kier molecular flexibility index (Phi) is 5.42. The van der Waals surface area contributed by atoms with Gasteiger partial charge in [0.2, 0.25) is 10.0 Å². The zero-order valence-corrected chi connectivity index (χ0v) is 16.8. The quantitative estimate of drug-likeness (QED) is 0.776. The highest BCUT2D eigenvalue weighted by Crippen LogP contribution is 2.30. The van der Waals surface area contributed by atoms with Gasteiger partial charge in [-0.05, 0) is 67.3 Å². The number of fused-ring (bicyclic) bond motifs is 1. The molecule has 1 aliphatic rings. The fourth-order valence-electron chi connectivity index (χ4n) is 3.07. The fraction of sp³-hybridized carbons (Fsp3) is 0.300. The first-order valence-electron chi connectivity index (χ1n) is 8.80. The minimum atomic E-state index is -3.34. The molecule has 0 fully saturated rings. The van der Waals surface area contributed by atoms with Crippen molar-refractivity contribution in [2.75, 3.05) is 29.0 Å². The second-order valence-electron chi connectivity index (χ2n) is 6.85.